The first kappa shape index (κ1) is 20.1. The van der Waals surface area contributed by atoms with E-state index in [0.717, 1.165) is 24.4 Å². The van der Waals surface area contributed by atoms with Crippen molar-refractivity contribution in [2.75, 3.05) is 5.32 Å². The number of rotatable bonds is 9. The number of allylic oxidation sites excluding steroid dienone is 2. The molecule has 2 amide bonds. The van der Waals surface area contributed by atoms with Crippen molar-refractivity contribution in [2.24, 2.45) is 28.8 Å². The van der Waals surface area contributed by atoms with Crippen LogP contribution in [0.15, 0.2) is 47.6 Å². The molecule has 1 aromatic rings. The molecule has 2 aliphatic rings. The van der Waals surface area contributed by atoms with Crippen LogP contribution in [0, 0.1) is 23.7 Å². The highest BCUT2D eigenvalue weighted by molar-refractivity contribution is 5.89. The molecule has 0 aliphatic heterocycles. The van der Waals surface area contributed by atoms with E-state index >= 15 is 0 Å². The van der Waals surface area contributed by atoms with Crippen molar-refractivity contribution < 1.29 is 14.7 Å². The van der Waals surface area contributed by atoms with Gasteiger partial charge in [0.05, 0.1) is 0 Å². The van der Waals surface area contributed by atoms with Gasteiger partial charge in [-0.25, -0.2) is 10.2 Å². The fraction of sp³-hybridized carbons (Fsp3) is 0.500. The van der Waals surface area contributed by atoms with E-state index in [1.807, 2.05) is 36.5 Å². The highest BCUT2D eigenvalue weighted by atomic mass is 16.4. The molecule has 2 aliphatic carbocycles. The Kier molecular flexibility index (Phi) is 7.23. The molecule has 3 rings (SSSR count). The number of hydrogen-bond acceptors (Lipinski definition) is 3. The Hall–Kier alpha value is -2.63. The van der Waals surface area contributed by atoms with Crippen LogP contribution in [0.5, 0.6) is 0 Å². The van der Waals surface area contributed by atoms with Crippen LogP contribution in [0.4, 0.5) is 10.5 Å². The molecule has 6 heteroatoms. The van der Waals surface area contributed by atoms with E-state index in [9.17, 15) is 9.59 Å². The van der Waals surface area contributed by atoms with Crippen LogP contribution in [0.25, 0.3) is 0 Å². The molecular weight excluding hydrogens is 354 g/mol. The summed E-state index contributed by atoms with van der Waals surface area (Å²) in [5, 5.41) is 15.7. The third-order valence-electron chi connectivity index (χ3n) is 5.94. The first-order valence-electron chi connectivity index (χ1n) is 10.2. The SMILES string of the molecule is O=C(O)CCC/C=C\C[C@@H]1[C@H]2CC[C@H](C2)[C@H]1/C=N/NC(=O)Nc1ccccc1. The molecule has 2 fully saturated rings. The van der Waals surface area contributed by atoms with E-state index in [0.29, 0.717) is 24.2 Å². The number of carbonyl (C=O) groups is 2. The molecule has 2 bridgehead atoms. The maximum atomic E-state index is 12.0. The van der Waals surface area contributed by atoms with Gasteiger partial charge in [-0.2, -0.15) is 5.10 Å². The minimum atomic E-state index is -0.735. The summed E-state index contributed by atoms with van der Waals surface area (Å²) in [5.41, 5.74) is 3.32. The predicted molar refractivity (Wildman–Crippen MR) is 110 cm³/mol. The van der Waals surface area contributed by atoms with Crippen molar-refractivity contribution in [3.05, 3.63) is 42.5 Å². The number of nitrogens with zero attached hydrogens (tertiary/aromatic N) is 1. The predicted octanol–water partition coefficient (Wildman–Crippen LogP) is 4.66. The van der Waals surface area contributed by atoms with Crippen molar-refractivity contribution in [1.29, 1.82) is 0 Å². The number of carboxylic acid groups (broad SMARTS) is 1. The van der Waals surface area contributed by atoms with Gasteiger partial charge in [-0.1, -0.05) is 30.4 Å². The molecule has 0 spiro atoms. The Labute approximate surface area is 166 Å². The molecule has 28 heavy (non-hydrogen) atoms. The summed E-state index contributed by atoms with van der Waals surface area (Å²) < 4.78 is 0. The van der Waals surface area contributed by atoms with Crippen LogP contribution in [-0.4, -0.2) is 23.3 Å². The summed E-state index contributed by atoms with van der Waals surface area (Å²) in [6.07, 6.45) is 12.7. The van der Waals surface area contributed by atoms with Crippen LogP contribution in [-0.2, 0) is 4.79 Å². The van der Waals surface area contributed by atoms with E-state index in [2.05, 4.69) is 28.0 Å². The summed E-state index contributed by atoms with van der Waals surface area (Å²) >= 11 is 0. The number of nitrogens with one attached hydrogen (secondary N) is 2. The lowest BCUT2D eigenvalue weighted by molar-refractivity contribution is -0.137. The number of fused-ring (bicyclic) bond motifs is 2. The fourth-order valence-electron chi connectivity index (χ4n) is 4.64. The van der Waals surface area contributed by atoms with Gasteiger partial charge in [0.1, 0.15) is 0 Å². The topological polar surface area (TPSA) is 90.8 Å². The molecule has 2 saturated carbocycles. The molecular formula is C22H29N3O3. The number of unbranched alkanes of at least 4 members (excludes halogenated alkanes) is 1. The Morgan fingerprint density at radius 1 is 1.14 bits per heavy atom. The number of urea groups is 1. The number of amides is 2. The number of aliphatic carboxylic acids is 1. The first-order valence-corrected chi connectivity index (χ1v) is 10.2. The normalized spacial score (nSPS) is 26.1. The van der Waals surface area contributed by atoms with Crippen molar-refractivity contribution in [3.8, 4) is 0 Å². The van der Waals surface area contributed by atoms with Gasteiger partial charge in [-0.15, -0.1) is 0 Å². The average Bonchev–Trinajstić information content (AvgIpc) is 3.27. The molecule has 6 nitrogen and oxygen atoms in total. The number of anilines is 1. The van der Waals surface area contributed by atoms with Gasteiger partial charge >= 0.3 is 12.0 Å². The van der Waals surface area contributed by atoms with Crippen LogP contribution in [0.1, 0.15) is 44.9 Å². The van der Waals surface area contributed by atoms with E-state index in [-0.39, 0.29) is 12.5 Å². The Morgan fingerprint density at radius 3 is 2.71 bits per heavy atom. The minimum Gasteiger partial charge on any atom is -0.481 e. The second-order valence-electron chi connectivity index (χ2n) is 7.78. The first-order chi connectivity index (χ1) is 13.6. The lowest BCUT2D eigenvalue weighted by Gasteiger charge is -2.27. The molecule has 0 saturated heterocycles. The largest absolute Gasteiger partial charge is 0.481 e. The van der Waals surface area contributed by atoms with E-state index in [4.69, 9.17) is 5.11 Å². The summed E-state index contributed by atoms with van der Waals surface area (Å²) in [5.74, 6) is 1.64. The standard InChI is InChI=1S/C22H29N3O3/c26-21(27)11-7-2-1-6-10-19-16-12-13-17(14-16)20(19)15-23-25-22(28)24-18-8-4-3-5-9-18/h1,3-6,8-9,15-17,19-20H,2,7,10-14H2,(H,26,27)(H2,24,25,28)/b6-1-,23-15+/t16-,17+,19+,20+/m0/s1. The van der Waals surface area contributed by atoms with Gasteiger partial charge in [-0.05, 0) is 68.4 Å². The number of benzene rings is 1. The second kappa shape index (κ2) is 10.1. The maximum Gasteiger partial charge on any atom is 0.339 e. The summed E-state index contributed by atoms with van der Waals surface area (Å²) in [7, 11) is 0. The second-order valence-corrected chi connectivity index (χ2v) is 7.78. The molecule has 3 N–H and O–H groups in total. The quantitative estimate of drug-likeness (QED) is 0.251. The van der Waals surface area contributed by atoms with Gasteiger partial charge in [0.15, 0.2) is 0 Å². The summed E-state index contributed by atoms with van der Waals surface area (Å²) in [4.78, 5) is 22.5. The van der Waals surface area contributed by atoms with Crippen LogP contribution < -0.4 is 10.7 Å². The minimum absolute atomic E-state index is 0.227. The Bertz CT molecular complexity index is 717. The zero-order valence-electron chi connectivity index (χ0n) is 16.1. The lowest BCUT2D eigenvalue weighted by atomic mass is 9.78. The van der Waals surface area contributed by atoms with Crippen molar-refractivity contribution in [1.82, 2.24) is 5.43 Å². The number of carboxylic acids is 1. The van der Waals surface area contributed by atoms with Crippen LogP contribution in [0.2, 0.25) is 0 Å². The third kappa shape index (κ3) is 5.68. The van der Waals surface area contributed by atoms with E-state index in [1.54, 1.807) is 0 Å². The number of hydrogen-bond donors (Lipinski definition) is 3. The molecule has 150 valence electrons. The van der Waals surface area contributed by atoms with Gasteiger partial charge in [0.25, 0.3) is 0 Å². The Balaban J connectivity index is 1.46. The van der Waals surface area contributed by atoms with Crippen LogP contribution in [0.3, 0.4) is 0 Å². The van der Waals surface area contributed by atoms with Crippen molar-refractivity contribution in [3.63, 3.8) is 0 Å². The highest BCUT2D eigenvalue weighted by Crippen LogP contribution is 2.52. The molecule has 0 aromatic heterocycles. The van der Waals surface area contributed by atoms with E-state index in [1.165, 1.54) is 19.3 Å². The van der Waals surface area contributed by atoms with Gasteiger partial charge in [0, 0.05) is 24.2 Å². The van der Waals surface area contributed by atoms with Gasteiger partial charge in [-0.3, -0.25) is 4.79 Å². The number of hydrazone groups is 1. The highest BCUT2D eigenvalue weighted by Gasteiger charge is 2.45. The smallest absolute Gasteiger partial charge is 0.339 e. The zero-order chi connectivity index (χ0) is 19.8. The zero-order valence-corrected chi connectivity index (χ0v) is 16.1. The van der Waals surface area contributed by atoms with E-state index < -0.39 is 5.97 Å². The summed E-state index contributed by atoms with van der Waals surface area (Å²) in [6.45, 7) is 0. The Morgan fingerprint density at radius 2 is 1.93 bits per heavy atom. The van der Waals surface area contributed by atoms with Crippen molar-refractivity contribution >= 4 is 23.9 Å². The summed E-state index contributed by atoms with van der Waals surface area (Å²) in [6, 6.07) is 8.97. The lowest BCUT2D eigenvalue weighted by Crippen LogP contribution is -2.27. The molecule has 1 aromatic carbocycles. The maximum absolute atomic E-state index is 12.0. The molecule has 0 unspecified atom stereocenters. The number of carbonyl (C=O) groups excluding carboxylic acids is 1. The molecule has 0 radical (unpaired) electrons. The fourth-order valence-corrected chi connectivity index (χ4v) is 4.64. The van der Waals surface area contributed by atoms with Gasteiger partial charge < -0.3 is 10.4 Å². The van der Waals surface area contributed by atoms with Crippen LogP contribution >= 0.6 is 0 Å². The molecule has 4 atom stereocenters. The average molecular weight is 383 g/mol. The van der Waals surface area contributed by atoms with Crippen molar-refractivity contribution in [2.45, 2.75) is 44.9 Å². The number of para-hydroxylation sites is 1. The monoisotopic (exact) mass is 383 g/mol. The molecule has 0 heterocycles. The third-order valence-corrected chi connectivity index (χ3v) is 5.94. The van der Waals surface area contributed by atoms with Gasteiger partial charge in [0.2, 0.25) is 0 Å².